The molecular formula is C16H22Cl2N4O2. The fourth-order valence-electron chi connectivity index (χ4n) is 3.06. The number of nitrogens with zero attached hydrogens (tertiary/aromatic N) is 2. The second-order valence-electron chi connectivity index (χ2n) is 6.03. The van der Waals surface area contributed by atoms with Crippen molar-refractivity contribution in [1.29, 1.82) is 0 Å². The first-order valence-corrected chi connectivity index (χ1v) is 8.26. The number of piperazine rings is 1. The van der Waals surface area contributed by atoms with E-state index < -0.39 is 0 Å². The van der Waals surface area contributed by atoms with Crippen molar-refractivity contribution in [2.45, 2.75) is 25.9 Å². The van der Waals surface area contributed by atoms with Crippen molar-refractivity contribution in [3.63, 3.8) is 0 Å². The van der Waals surface area contributed by atoms with Gasteiger partial charge in [-0.25, -0.2) is 4.79 Å². The summed E-state index contributed by atoms with van der Waals surface area (Å²) in [4.78, 5) is 28.2. The van der Waals surface area contributed by atoms with Crippen molar-refractivity contribution in [3.05, 3.63) is 28.8 Å². The number of benzene rings is 1. The van der Waals surface area contributed by atoms with Gasteiger partial charge in [0.2, 0.25) is 0 Å². The van der Waals surface area contributed by atoms with Gasteiger partial charge in [-0.1, -0.05) is 11.6 Å². The Hall–Kier alpha value is -1.50. The molecule has 2 atom stereocenters. The average Bonchev–Trinajstić information content (AvgIpc) is 2.96. The van der Waals surface area contributed by atoms with Gasteiger partial charge in [0.25, 0.3) is 5.91 Å². The van der Waals surface area contributed by atoms with Gasteiger partial charge in [0, 0.05) is 43.8 Å². The van der Waals surface area contributed by atoms with Gasteiger partial charge in [0.05, 0.1) is 10.7 Å². The standard InChI is InChI=1S/C16H21ClN4O2.ClH/c1-10-11(2)20(7-5-18-10)15(22)12-3-4-13(17)14(9-12)21-8-6-19-16(21)23;/h3-4,9-11,18H,5-8H2,1-2H3,(H,19,23);1H. The van der Waals surface area contributed by atoms with E-state index in [1.54, 1.807) is 23.1 Å². The first-order valence-electron chi connectivity index (χ1n) is 7.88. The van der Waals surface area contributed by atoms with E-state index in [-0.39, 0.29) is 36.4 Å². The number of rotatable bonds is 2. The smallest absolute Gasteiger partial charge is 0.322 e. The molecule has 0 aromatic heterocycles. The summed E-state index contributed by atoms with van der Waals surface area (Å²) < 4.78 is 0. The number of hydrogen-bond acceptors (Lipinski definition) is 3. The molecule has 2 N–H and O–H groups in total. The van der Waals surface area contributed by atoms with Crippen LogP contribution in [0.5, 0.6) is 0 Å². The minimum atomic E-state index is -0.180. The molecule has 3 amide bonds. The molecule has 2 fully saturated rings. The number of nitrogens with one attached hydrogen (secondary N) is 2. The van der Waals surface area contributed by atoms with E-state index in [4.69, 9.17) is 11.6 Å². The zero-order chi connectivity index (χ0) is 16.6. The Bertz CT molecular complexity index is 641. The van der Waals surface area contributed by atoms with E-state index in [9.17, 15) is 9.59 Å². The van der Waals surface area contributed by atoms with Gasteiger partial charge in [-0.3, -0.25) is 9.69 Å². The molecule has 8 heteroatoms. The molecule has 6 nitrogen and oxygen atoms in total. The molecule has 2 heterocycles. The molecule has 0 bridgehead atoms. The second-order valence-corrected chi connectivity index (χ2v) is 6.44. The molecule has 0 saturated carbocycles. The Morgan fingerprint density at radius 2 is 2.00 bits per heavy atom. The maximum atomic E-state index is 12.9. The summed E-state index contributed by atoms with van der Waals surface area (Å²) in [5, 5.41) is 6.58. The van der Waals surface area contributed by atoms with Crippen molar-refractivity contribution < 1.29 is 9.59 Å². The molecular weight excluding hydrogens is 351 g/mol. The summed E-state index contributed by atoms with van der Waals surface area (Å²) in [6.07, 6.45) is 0. The van der Waals surface area contributed by atoms with Gasteiger partial charge < -0.3 is 15.5 Å². The van der Waals surface area contributed by atoms with E-state index in [0.29, 0.717) is 35.9 Å². The van der Waals surface area contributed by atoms with Crippen LogP contribution < -0.4 is 15.5 Å². The molecule has 2 aliphatic rings. The number of carbonyl (C=O) groups is 2. The van der Waals surface area contributed by atoms with Crippen LogP contribution in [0.25, 0.3) is 0 Å². The number of carbonyl (C=O) groups excluding carboxylic acids is 2. The lowest BCUT2D eigenvalue weighted by molar-refractivity contribution is 0.0603. The lowest BCUT2D eigenvalue weighted by atomic mass is 10.0. The monoisotopic (exact) mass is 372 g/mol. The Labute approximate surface area is 152 Å². The van der Waals surface area contributed by atoms with Crippen molar-refractivity contribution in [2.75, 3.05) is 31.1 Å². The first-order chi connectivity index (χ1) is 11.0. The normalized spacial score (nSPS) is 23.7. The van der Waals surface area contributed by atoms with Crippen molar-refractivity contribution in [3.8, 4) is 0 Å². The molecule has 132 valence electrons. The number of amides is 3. The van der Waals surface area contributed by atoms with Crippen LogP contribution in [0.2, 0.25) is 5.02 Å². The molecule has 0 aliphatic carbocycles. The predicted molar refractivity (Wildman–Crippen MR) is 97.4 cm³/mol. The molecule has 2 saturated heterocycles. The van der Waals surface area contributed by atoms with Crippen LogP contribution in [-0.4, -0.2) is 55.1 Å². The van der Waals surface area contributed by atoms with Gasteiger partial charge in [-0.2, -0.15) is 0 Å². The summed E-state index contributed by atoms with van der Waals surface area (Å²) >= 11 is 6.23. The van der Waals surface area contributed by atoms with Crippen LogP contribution in [0, 0.1) is 0 Å². The Morgan fingerprint density at radius 1 is 1.25 bits per heavy atom. The van der Waals surface area contributed by atoms with Crippen LogP contribution in [0.4, 0.5) is 10.5 Å². The molecule has 2 aliphatic heterocycles. The fourth-order valence-corrected chi connectivity index (χ4v) is 3.28. The van der Waals surface area contributed by atoms with Crippen LogP contribution in [0.1, 0.15) is 24.2 Å². The van der Waals surface area contributed by atoms with Gasteiger partial charge >= 0.3 is 6.03 Å². The minimum absolute atomic E-state index is 0. The van der Waals surface area contributed by atoms with E-state index in [0.717, 1.165) is 6.54 Å². The van der Waals surface area contributed by atoms with Gasteiger partial charge in [0.1, 0.15) is 0 Å². The van der Waals surface area contributed by atoms with Crippen LogP contribution in [0.3, 0.4) is 0 Å². The molecule has 1 aromatic rings. The molecule has 3 rings (SSSR count). The molecule has 0 spiro atoms. The van der Waals surface area contributed by atoms with Crippen molar-refractivity contribution >= 4 is 41.6 Å². The van der Waals surface area contributed by atoms with Gasteiger partial charge in [-0.15, -0.1) is 12.4 Å². The Balaban J connectivity index is 0.00000208. The van der Waals surface area contributed by atoms with E-state index in [2.05, 4.69) is 17.6 Å². The topological polar surface area (TPSA) is 64.7 Å². The predicted octanol–water partition coefficient (Wildman–Crippen LogP) is 2.11. The zero-order valence-corrected chi connectivity index (χ0v) is 15.3. The number of halogens is 2. The van der Waals surface area contributed by atoms with Gasteiger partial charge in [-0.05, 0) is 32.0 Å². The molecule has 0 radical (unpaired) electrons. The molecule has 1 aromatic carbocycles. The summed E-state index contributed by atoms with van der Waals surface area (Å²) in [6, 6.07) is 5.32. The van der Waals surface area contributed by atoms with E-state index in [1.807, 2.05) is 11.8 Å². The van der Waals surface area contributed by atoms with Crippen LogP contribution in [0.15, 0.2) is 18.2 Å². The quantitative estimate of drug-likeness (QED) is 0.835. The number of hydrogen-bond donors (Lipinski definition) is 2. The zero-order valence-electron chi connectivity index (χ0n) is 13.7. The largest absolute Gasteiger partial charge is 0.336 e. The summed E-state index contributed by atoms with van der Waals surface area (Å²) in [5.41, 5.74) is 1.15. The average molecular weight is 373 g/mol. The summed E-state index contributed by atoms with van der Waals surface area (Å²) in [6.45, 7) is 6.71. The summed E-state index contributed by atoms with van der Waals surface area (Å²) in [7, 11) is 0. The van der Waals surface area contributed by atoms with Crippen molar-refractivity contribution in [2.24, 2.45) is 0 Å². The summed E-state index contributed by atoms with van der Waals surface area (Å²) in [5.74, 6) is -0.0247. The number of urea groups is 1. The van der Waals surface area contributed by atoms with E-state index in [1.165, 1.54) is 0 Å². The molecule has 24 heavy (non-hydrogen) atoms. The maximum Gasteiger partial charge on any atom is 0.322 e. The third kappa shape index (κ3) is 3.45. The highest BCUT2D eigenvalue weighted by molar-refractivity contribution is 6.34. The fraction of sp³-hybridized carbons (Fsp3) is 0.500. The number of anilines is 1. The highest BCUT2D eigenvalue weighted by Gasteiger charge is 2.30. The second kappa shape index (κ2) is 7.59. The van der Waals surface area contributed by atoms with Crippen LogP contribution in [-0.2, 0) is 0 Å². The first kappa shape index (κ1) is 18.8. The van der Waals surface area contributed by atoms with Gasteiger partial charge in [0.15, 0.2) is 0 Å². The lowest BCUT2D eigenvalue weighted by Crippen LogP contribution is -2.57. The molecule has 2 unspecified atom stereocenters. The SMILES string of the molecule is CC1NCCN(C(=O)c2ccc(Cl)c(N3CCNC3=O)c2)C1C.Cl. The maximum absolute atomic E-state index is 12.9. The van der Waals surface area contributed by atoms with E-state index >= 15 is 0 Å². The Morgan fingerprint density at radius 3 is 2.67 bits per heavy atom. The van der Waals surface area contributed by atoms with Crippen LogP contribution >= 0.6 is 24.0 Å². The highest BCUT2D eigenvalue weighted by atomic mass is 35.5. The minimum Gasteiger partial charge on any atom is -0.336 e. The third-order valence-corrected chi connectivity index (χ3v) is 4.96. The highest BCUT2D eigenvalue weighted by Crippen LogP contribution is 2.29. The van der Waals surface area contributed by atoms with Crippen molar-refractivity contribution in [1.82, 2.24) is 15.5 Å². The third-order valence-electron chi connectivity index (χ3n) is 4.64. The lowest BCUT2D eigenvalue weighted by Gasteiger charge is -2.38. The Kier molecular flexibility index (Phi) is 5.96.